The van der Waals surface area contributed by atoms with Crippen molar-refractivity contribution in [3.63, 3.8) is 0 Å². The molecule has 36 heavy (non-hydrogen) atoms. The van der Waals surface area contributed by atoms with Crippen LogP contribution >= 0.6 is 0 Å². The van der Waals surface area contributed by atoms with Crippen molar-refractivity contribution in [2.24, 2.45) is 0 Å². The van der Waals surface area contributed by atoms with Crippen molar-refractivity contribution in [1.82, 2.24) is 0 Å². The van der Waals surface area contributed by atoms with E-state index in [4.69, 9.17) is 23.7 Å². The van der Waals surface area contributed by atoms with Crippen LogP contribution in [0.4, 0.5) is 0 Å². The summed E-state index contributed by atoms with van der Waals surface area (Å²) in [7, 11) is 0. The Morgan fingerprint density at radius 3 is 1.67 bits per heavy atom. The Labute approximate surface area is 209 Å². The minimum absolute atomic E-state index is 0.0459. The maximum absolute atomic E-state index is 12.2. The number of hydrogen-bond acceptors (Lipinski definition) is 8. The van der Waals surface area contributed by atoms with E-state index in [-0.39, 0.29) is 44.3 Å². The van der Waals surface area contributed by atoms with Crippen LogP contribution in [0.3, 0.4) is 0 Å². The van der Waals surface area contributed by atoms with E-state index in [1.165, 1.54) is 24.3 Å². The second-order valence-corrected chi connectivity index (χ2v) is 7.74. The summed E-state index contributed by atoms with van der Waals surface area (Å²) in [5.74, 6) is -0.877. The fourth-order valence-electron chi connectivity index (χ4n) is 3.13. The summed E-state index contributed by atoms with van der Waals surface area (Å²) < 4.78 is 26.3. The minimum atomic E-state index is -0.594. The quantitative estimate of drug-likeness (QED) is 0.157. The summed E-state index contributed by atoms with van der Waals surface area (Å²) in [6.07, 6.45) is 0. The summed E-state index contributed by atoms with van der Waals surface area (Å²) in [5, 5.41) is 0. The van der Waals surface area contributed by atoms with Crippen molar-refractivity contribution < 1.29 is 38.1 Å². The van der Waals surface area contributed by atoms with E-state index < -0.39 is 17.9 Å². The molecule has 0 radical (unpaired) electrons. The summed E-state index contributed by atoms with van der Waals surface area (Å²) in [5.41, 5.74) is 2.82. The van der Waals surface area contributed by atoms with Crippen LogP contribution < -0.4 is 4.74 Å². The second-order valence-electron chi connectivity index (χ2n) is 7.74. The molecular formula is C28H28O8. The number of carbonyl (C=O) groups excluding carboxylic acids is 3. The minimum Gasteiger partial charge on any atom is -0.467 e. The van der Waals surface area contributed by atoms with Gasteiger partial charge in [-0.1, -0.05) is 36.4 Å². The van der Waals surface area contributed by atoms with E-state index in [1.807, 2.05) is 50.2 Å². The third-order valence-corrected chi connectivity index (χ3v) is 5.12. The molecule has 0 spiro atoms. The SMILES string of the molecule is Cc1ccccc1OCOCCOC(=O)c1ccc(C(=O)OCCOC(=O)c2ccccc2C)cc1. The number of carbonyl (C=O) groups is 3. The molecule has 188 valence electrons. The normalized spacial score (nSPS) is 10.4. The molecule has 3 rings (SSSR count). The fraction of sp³-hybridized carbons (Fsp3) is 0.250. The Kier molecular flexibility index (Phi) is 10.0. The van der Waals surface area contributed by atoms with Crippen LogP contribution in [0.5, 0.6) is 5.75 Å². The zero-order valence-corrected chi connectivity index (χ0v) is 20.2. The van der Waals surface area contributed by atoms with Gasteiger partial charge in [-0.15, -0.1) is 0 Å². The molecule has 8 nitrogen and oxygen atoms in total. The van der Waals surface area contributed by atoms with E-state index in [1.54, 1.807) is 12.1 Å². The Morgan fingerprint density at radius 1 is 0.583 bits per heavy atom. The average molecular weight is 493 g/mol. The topological polar surface area (TPSA) is 97.4 Å². The summed E-state index contributed by atoms with van der Waals surface area (Å²) >= 11 is 0. The van der Waals surface area contributed by atoms with Crippen molar-refractivity contribution in [3.8, 4) is 5.75 Å². The standard InChI is InChI=1S/C28H28O8/c1-20-7-3-5-9-24(20)28(31)35-18-17-34-27(30)23-13-11-22(12-14-23)26(29)33-16-15-32-19-36-25-10-6-4-8-21(25)2/h3-14H,15-19H2,1-2H3. The number of aryl methyl sites for hydroxylation is 2. The Hall–Kier alpha value is -4.17. The average Bonchev–Trinajstić information content (AvgIpc) is 2.89. The maximum Gasteiger partial charge on any atom is 0.338 e. The molecular weight excluding hydrogens is 464 g/mol. The molecule has 0 amide bonds. The highest BCUT2D eigenvalue weighted by atomic mass is 16.7. The van der Waals surface area contributed by atoms with Crippen LogP contribution in [0.15, 0.2) is 72.8 Å². The lowest BCUT2D eigenvalue weighted by atomic mass is 10.1. The molecule has 0 unspecified atom stereocenters. The maximum atomic E-state index is 12.2. The van der Waals surface area contributed by atoms with Gasteiger partial charge in [0.05, 0.1) is 23.3 Å². The lowest BCUT2D eigenvalue weighted by Gasteiger charge is -2.10. The molecule has 3 aromatic rings. The van der Waals surface area contributed by atoms with Crippen LogP contribution in [0, 0.1) is 13.8 Å². The predicted molar refractivity (Wildman–Crippen MR) is 131 cm³/mol. The van der Waals surface area contributed by atoms with E-state index in [0.29, 0.717) is 5.56 Å². The van der Waals surface area contributed by atoms with Crippen LogP contribution in [0.1, 0.15) is 42.2 Å². The van der Waals surface area contributed by atoms with Gasteiger partial charge in [0.1, 0.15) is 25.6 Å². The summed E-state index contributed by atoms with van der Waals surface area (Å²) in [6.45, 7) is 3.87. The van der Waals surface area contributed by atoms with Crippen LogP contribution in [-0.2, 0) is 18.9 Å². The zero-order valence-electron chi connectivity index (χ0n) is 20.2. The summed E-state index contributed by atoms with van der Waals surface area (Å²) in [4.78, 5) is 36.4. The van der Waals surface area contributed by atoms with Gasteiger partial charge >= 0.3 is 17.9 Å². The van der Waals surface area contributed by atoms with Crippen molar-refractivity contribution >= 4 is 17.9 Å². The monoisotopic (exact) mass is 492 g/mol. The van der Waals surface area contributed by atoms with E-state index in [2.05, 4.69) is 0 Å². The predicted octanol–water partition coefficient (Wildman–Crippen LogP) is 4.53. The first-order chi connectivity index (χ1) is 17.5. The molecule has 0 aliphatic heterocycles. The van der Waals surface area contributed by atoms with Gasteiger partial charge in [0.2, 0.25) is 0 Å². The Balaban J connectivity index is 1.32. The lowest BCUT2D eigenvalue weighted by molar-refractivity contribution is -0.0118. The van der Waals surface area contributed by atoms with Crippen LogP contribution in [0.2, 0.25) is 0 Å². The zero-order chi connectivity index (χ0) is 25.8. The number of rotatable bonds is 12. The first kappa shape index (κ1) is 26.4. The molecule has 0 saturated carbocycles. The number of benzene rings is 3. The molecule has 8 heteroatoms. The van der Waals surface area contributed by atoms with Gasteiger partial charge in [-0.05, 0) is 61.4 Å². The Morgan fingerprint density at radius 2 is 1.08 bits per heavy atom. The van der Waals surface area contributed by atoms with Crippen LogP contribution in [-0.4, -0.2) is 51.1 Å². The fourth-order valence-corrected chi connectivity index (χ4v) is 3.13. The highest BCUT2D eigenvalue weighted by molar-refractivity contribution is 5.93. The van der Waals surface area contributed by atoms with Crippen LogP contribution in [0.25, 0.3) is 0 Å². The highest BCUT2D eigenvalue weighted by Crippen LogP contribution is 2.16. The molecule has 0 N–H and O–H groups in total. The molecule has 0 fully saturated rings. The lowest BCUT2D eigenvalue weighted by Crippen LogP contribution is -2.15. The molecule has 0 aliphatic carbocycles. The van der Waals surface area contributed by atoms with Gasteiger partial charge in [0.15, 0.2) is 6.79 Å². The van der Waals surface area contributed by atoms with Gasteiger partial charge in [-0.3, -0.25) is 0 Å². The molecule has 3 aromatic carbocycles. The van der Waals surface area contributed by atoms with E-state index in [9.17, 15) is 14.4 Å². The first-order valence-electron chi connectivity index (χ1n) is 11.4. The highest BCUT2D eigenvalue weighted by Gasteiger charge is 2.13. The third-order valence-electron chi connectivity index (χ3n) is 5.12. The van der Waals surface area contributed by atoms with Crippen molar-refractivity contribution in [2.75, 3.05) is 33.2 Å². The smallest absolute Gasteiger partial charge is 0.338 e. The van der Waals surface area contributed by atoms with Crippen molar-refractivity contribution in [3.05, 3.63) is 101 Å². The molecule has 0 atom stereocenters. The molecule has 0 heterocycles. The van der Waals surface area contributed by atoms with Gasteiger partial charge in [0.25, 0.3) is 0 Å². The first-order valence-corrected chi connectivity index (χ1v) is 11.4. The number of para-hydroxylation sites is 1. The van der Waals surface area contributed by atoms with Crippen molar-refractivity contribution in [1.29, 1.82) is 0 Å². The van der Waals surface area contributed by atoms with Gasteiger partial charge < -0.3 is 23.7 Å². The van der Waals surface area contributed by atoms with Gasteiger partial charge in [-0.2, -0.15) is 0 Å². The van der Waals surface area contributed by atoms with E-state index in [0.717, 1.165) is 16.9 Å². The third kappa shape index (κ3) is 7.95. The summed E-state index contributed by atoms with van der Waals surface area (Å²) in [6, 6.07) is 20.5. The number of esters is 3. The molecule has 0 bridgehead atoms. The Bertz CT molecular complexity index is 1170. The number of ether oxygens (including phenoxy) is 5. The molecule has 0 aliphatic rings. The van der Waals surface area contributed by atoms with Gasteiger partial charge in [0, 0.05) is 0 Å². The second kappa shape index (κ2) is 13.7. The van der Waals surface area contributed by atoms with Gasteiger partial charge in [-0.25, -0.2) is 14.4 Å². The number of hydrogen-bond donors (Lipinski definition) is 0. The van der Waals surface area contributed by atoms with E-state index >= 15 is 0 Å². The largest absolute Gasteiger partial charge is 0.467 e. The molecule has 0 saturated heterocycles. The molecule has 0 aromatic heterocycles. The van der Waals surface area contributed by atoms with Crippen molar-refractivity contribution in [2.45, 2.75) is 13.8 Å².